The van der Waals surface area contributed by atoms with Gasteiger partial charge in [-0.3, -0.25) is 0 Å². The molecular formula is C44H56O11Si. The number of hydrogen-bond acceptors (Lipinski definition) is 11. The fraction of sp³-hybridized carbons (Fsp3) is 0.523. The van der Waals surface area contributed by atoms with Gasteiger partial charge >= 0.3 is 17.9 Å². The molecule has 0 aromatic heterocycles. The van der Waals surface area contributed by atoms with Crippen LogP contribution in [0.2, 0.25) is 18.1 Å². The van der Waals surface area contributed by atoms with Gasteiger partial charge < -0.3 is 37.6 Å². The first-order valence-corrected chi connectivity index (χ1v) is 22.4. The van der Waals surface area contributed by atoms with Gasteiger partial charge in [-0.2, -0.15) is 0 Å². The van der Waals surface area contributed by atoms with Crippen molar-refractivity contribution in [2.24, 2.45) is 5.92 Å². The van der Waals surface area contributed by atoms with Gasteiger partial charge in [0.25, 0.3) is 0 Å². The van der Waals surface area contributed by atoms with E-state index in [1.165, 1.54) is 19.8 Å². The standard InChI is InChI=1S/C44H56O11Si/c1-30(27-31-19-12-9-13-20-31)34(50-28-32-21-14-10-15-22-32)25-18-26-42-35(51-29-33-23-16-11-17-24-33)36-43(54-42,39(46)48-5)44(40(47)49-6,37(53-42)38(45)52-36)55-56(7,8)41(2,3)4/h9-17,19-24,30,34-37H,18,25-29H2,1-8H3/t30-,34-,35-,36+,37+,42+,43+,44-/m1/s1. The second-order valence-corrected chi connectivity index (χ2v) is 21.4. The van der Waals surface area contributed by atoms with Crippen molar-refractivity contribution in [3.05, 3.63) is 108 Å². The zero-order chi connectivity index (χ0) is 40.4. The SMILES string of the molecule is COC(=O)[C@@]12O[C@]3(CCC[C@@H](OCc4ccccc4)[C@H](C)Cc4ccccc4)O[C@@H](C(=O)O[C@H]1[C@H]3OCc1ccccc1)[C@@]2(O[Si](C)(C)C(C)(C)C)C(=O)OC. The van der Waals surface area contributed by atoms with E-state index in [-0.39, 0.29) is 25.0 Å². The molecule has 0 spiro atoms. The van der Waals surface area contributed by atoms with E-state index in [0.29, 0.717) is 19.4 Å². The van der Waals surface area contributed by atoms with Gasteiger partial charge in [-0.15, -0.1) is 0 Å². The molecule has 56 heavy (non-hydrogen) atoms. The lowest BCUT2D eigenvalue weighted by molar-refractivity contribution is -0.381. The summed E-state index contributed by atoms with van der Waals surface area (Å²) in [6, 6.07) is 29.8. The first-order valence-electron chi connectivity index (χ1n) is 19.4. The molecule has 11 nitrogen and oxygen atoms in total. The summed E-state index contributed by atoms with van der Waals surface area (Å²) in [5.74, 6) is -4.44. The van der Waals surface area contributed by atoms with Crippen LogP contribution in [0.15, 0.2) is 91.0 Å². The topological polar surface area (TPSA) is 125 Å². The van der Waals surface area contributed by atoms with Gasteiger partial charge in [0.1, 0.15) is 0 Å². The molecule has 0 radical (unpaired) electrons. The van der Waals surface area contributed by atoms with Crippen LogP contribution in [0, 0.1) is 5.92 Å². The molecule has 12 heteroatoms. The van der Waals surface area contributed by atoms with Crippen molar-refractivity contribution < 1.29 is 52.0 Å². The lowest BCUT2D eigenvalue weighted by atomic mass is 9.72. The molecule has 3 bridgehead atoms. The lowest BCUT2D eigenvalue weighted by Crippen LogP contribution is -2.83. The van der Waals surface area contributed by atoms with Crippen molar-refractivity contribution >= 4 is 26.2 Å². The Morgan fingerprint density at radius 3 is 1.93 bits per heavy atom. The zero-order valence-electron chi connectivity index (χ0n) is 33.8. The van der Waals surface area contributed by atoms with Crippen molar-refractivity contribution in [3.8, 4) is 0 Å². The minimum Gasteiger partial charge on any atom is -0.467 e. The highest BCUT2D eigenvalue weighted by molar-refractivity contribution is 6.74. The summed E-state index contributed by atoms with van der Waals surface area (Å²) in [6.45, 7) is 12.4. The van der Waals surface area contributed by atoms with Crippen LogP contribution < -0.4 is 0 Å². The van der Waals surface area contributed by atoms with Crippen molar-refractivity contribution in [2.75, 3.05) is 14.2 Å². The Kier molecular flexibility index (Phi) is 12.3. The number of ether oxygens (including phenoxy) is 7. The first kappa shape index (κ1) is 41.7. The zero-order valence-corrected chi connectivity index (χ0v) is 34.8. The summed E-state index contributed by atoms with van der Waals surface area (Å²) in [7, 11) is -0.657. The van der Waals surface area contributed by atoms with Crippen LogP contribution in [-0.4, -0.2) is 81.8 Å². The number of benzene rings is 3. The van der Waals surface area contributed by atoms with Crippen molar-refractivity contribution in [1.82, 2.24) is 0 Å². The van der Waals surface area contributed by atoms with Gasteiger partial charge in [0.2, 0.25) is 23.1 Å². The molecule has 3 aromatic rings. The van der Waals surface area contributed by atoms with E-state index in [1.54, 1.807) is 0 Å². The molecule has 302 valence electrons. The van der Waals surface area contributed by atoms with Crippen molar-refractivity contribution in [3.63, 3.8) is 0 Å². The highest BCUT2D eigenvalue weighted by Crippen LogP contribution is 2.62. The van der Waals surface area contributed by atoms with Crippen LogP contribution in [0.3, 0.4) is 0 Å². The highest BCUT2D eigenvalue weighted by atomic mass is 28.4. The van der Waals surface area contributed by atoms with Crippen LogP contribution in [0.1, 0.15) is 63.6 Å². The Labute approximate surface area is 331 Å². The Morgan fingerprint density at radius 2 is 1.38 bits per heavy atom. The van der Waals surface area contributed by atoms with E-state index in [9.17, 15) is 14.4 Å². The number of hydrogen-bond donors (Lipinski definition) is 0. The summed E-state index contributed by atoms with van der Waals surface area (Å²) >= 11 is 0. The maximum atomic E-state index is 14.5. The monoisotopic (exact) mass is 788 g/mol. The van der Waals surface area contributed by atoms with E-state index in [4.69, 9.17) is 37.6 Å². The third-order valence-corrected chi connectivity index (χ3v) is 16.4. The van der Waals surface area contributed by atoms with E-state index < -0.39 is 66.6 Å². The molecule has 3 fully saturated rings. The Bertz CT molecular complexity index is 1820. The van der Waals surface area contributed by atoms with Crippen molar-refractivity contribution in [2.45, 2.75) is 126 Å². The minimum atomic E-state index is -3.03. The van der Waals surface area contributed by atoms with Crippen LogP contribution in [0.4, 0.5) is 0 Å². The number of rotatable bonds is 17. The van der Waals surface area contributed by atoms with E-state index in [1.807, 2.05) is 113 Å². The number of fused-ring (bicyclic) bond motifs is 2. The molecule has 3 aliphatic heterocycles. The average molecular weight is 789 g/mol. The fourth-order valence-corrected chi connectivity index (χ4v) is 9.49. The summed E-state index contributed by atoms with van der Waals surface area (Å²) in [5.41, 5.74) is -1.64. The largest absolute Gasteiger partial charge is 0.467 e. The molecule has 8 atom stereocenters. The van der Waals surface area contributed by atoms with Crippen LogP contribution in [0.25, 0.3) is 0 Å². The summed E-state index contributed by atoms with van der Waals surface area (Å²) in [4.78, 5) is 43.1. The predicted octanol–water partition coefficient (Wildman–Crippen LogP) is 7.10. The maximum absolute atomic E-state index is 14.5. The quantitative estimate of drug-likeness (QED) is 0.0790. The molecule has 0 amide bonds. The average Bonchev–Trinajstić information content (AvgIpc) is 3.35. The molecule has 3 aliphatic rings. The number of esters is 3. The first-order chi connectivity index (χ1) is 26.6. The van der Waals surface area contributed by atoms with Crippen LogP contribution in [-0.2, 0) is 71.6 Å². The van der Waals surface area contributed by atoms with E-state index >= 15 is 0 Å². The van der Waals surface area contributed by atoms with Gasteiger partial charge in [0.15, 0.2) is 20.5 Å². The molecule has 0 N–H and O–H groups in total. The van der Waals surface area contributed by atoms with Gasteiger partial charge in [0, 0.05) is 6.42 Å². The van der Waals surface area contributed by atoms with Gasteiger partial charge in [0.05, 0.1) is 33.5 Å². The molecule has 0 saturated carbocycles. The highest BCUT2D eigenvalue weighted by Gasteiger charge is 2.90. The summed E-state index contributed by atoms with van der Waals surface area (Å²) < 4.78 is 50.8. The van der Waals surface area contributed by atoms with Crippen LogP contribution in [0.5, 0.6) is 0 Å². The Balaban J connectivity index is 1.39. The summed E-state index contributed by atoms with van der Waals surface area (Å²) in [5, 5.41) is -0.476. The molecule has 0 aliphatic carbocycles. The molecule has 3 saturated heterocycles. The fourth-order valence-electron chi connectivity index (χ4n) is 8.04. The lowest BCUT2D eigenvalue weighted by Gasteiger charge is -2.57. The van der Waals surface area contributed by atoms with E-state index in [0.717, 1.165) is 17.5 Å². The molecular weight excluding hydrogens is 733 g/mol. The smallest absolute Gasteiger partial charge is 0.346 e. The number of carbonyl (C=O) groups is 3. The third kappa shape index (κ3) is 7.59. The second-order valence-electron chi connectivity index (χ2n) is 16.7. The Hall–Kier alpha value is -3.91. The Morgan fingerprint density at radius 1 is 0.821 bits per heavy atom. The predicted molar refractivity (Wildman–Crippen MR) is 210 cm³/mol. The molecule has 0 unspecified atom stereocenters. The maximum Gasteiger partial charge on any atom is 0.346 e. The van der Waals surface area contributed by atoms with Gasteiger partial charge in [-0.05, 0) is 60.0 Å². The van der Waals surface area contributed by atoms with Crippen LogP contribution >= 0.6 is 0 Å². The van der Waals surface area contributed by atoms with Gasteiger partial charge in [-0.1, -0.05) is 119 Å². The molecule has 3 heterocycles. The normalized spacial score (nSPS) is 28.0. The van der Waals surface area contributed by atoms with Gasteiger partial charge in [-0.25, -0.2) is 14.4 Å². The minimum absolute atomic E-state index is 0.0706. The summed E-state index contributed by atoms with van der Waals surface area (Å²) in [6.07, 6.45) is -2.56. The van der Waals surface area contributed by atoms with E-state index in [2.05, 4.69) is 19.1 Å². The second kappa shape index (κ2) is 16.5. The van der Waals surface area contributed by atoms with Crippen molar-refractivity contribution in [1.29, 1.82) is 0 Å². The molecule has 6 rings (SSSR count). The number of methoxy groups -OCH3 is 2. The third-order valence-electron chi connectivity index (χ3n) is 12.0. The molecule has 3 aromatic carbocycles. The number of carbonyl (C=O) groups excluding carboxylic acids is 3.